The molecule has 2 N–H and O–H groups in total. The lowest BCUT2D eigenvalue weighted by Gasteiger charge is -2.34. The average Bonchev–Trinajstić information content (AvgIpc) is 2.68. The number of halogens is 3. The summed E-state index contributed by atoms with van der Waals surface area (Å²) in [6.07, 6.45) is 2.32. The van der Waals surface area contributed by atoms with Gasteiger partial charge in [-0.05, 0) is 18.2 Å². The number of nitrogens with zero attached hydrogens (tertiary/aromatic N) is 3. The van der Waals surface area contributed by atoms with Crippen LogP contribution in [0.25, 0.3) is 0 Å². The van der Waals surface area contributed by atoms with Gasteiger partial charge in [0.15, 0.2) is 0 Å². The second-order valence-electron chi connectivity index (χ2n) is 6.65. The molecule has 0 saturated carbocycles. The number of hydrogen-bond donors (Lipinski definition) is 2. The number of amides is 1. The van der Waals surface area contributed by atoms with E-state index in [0.717, 1.165) is 57.3 Å². The quantitative estimate of drug-likeness (QED) is 0.676. The summed E-state index contributed by atoms with van der Waals surface area (Å²) in [7, 11) is 0. The topological polar surface area (TPSA) is 69.7 Å². The molecule has 1 amide bonds. The molecular weight excluding hydrogens is 425 g/mol. The van der Waals surface area contributed by atoms with Crippen LogP contribution in [-0.4, -0.2) is 74.3 Å². The van der Waals surface area contributed by atoms with E-state index in [1.807, 2.05) is 6.20 Å². The number of nitrogens with one attached hydrogen (secondary N) is 2. The number of morpholine rings is 1. The summed E-state index contributed by atoms with van der Waals surface area (Å²) in [4.78, 5) is 21.4. The van der Waals surface area contributed by atoms with E-state index in [9.17, 15) is 4.79 Å². The molecule has 162 valence electrons. The lowest BCUT2D eigenvalue weighted by Crippen LogP contribution is -2.46. The number of carbonyl (C=O) groups is 1. The van der Waals surface area contributed by atoms with E-state index in [2.05, 4.69) is 44.5 Å². The van der Waals surface area contributed by atoms with Crippen molar-refractivity contribution in [1.29, 1.82) is 0 Å². The molecule has 3 rings (SSSR count). The van der Waals surface area contributed by atoms with Gasteiger partial charge >= 0.3 is 0 Å². The Morgan fingerprint density at radius 3 is 2.57 bits per heavy atom. The third kappa shape index (κ3) is 8.27. The van der Waals surface area contributed by atoms with Crippen LogP contribution in [0.5, 0.6) is 0 Å². The summed E-state index contributed by atoms with van der Waals surface area (Å²) in [5.74, 6) is 1.07. The van der Waals surface area contributed by atoms with Gasteiger partial charge in [-0.2, -0.15) is 0 Å². The minimum Gasteiger partial charge on any atom is -0.378 e. The highest BCUT2D eigenvalue weighted by Gasteiger charge is 2.18. The lowest BCUT2D eigenvalue weighted by molar-refractivity contribution is -0.122. The zero-order valence-corrected chi connectivity index (χ0v) is 18.7. The van der Waals surface area contributed by atoms with Crippen molar-refractivity contribution >= 4 is 48.9 Å². The third-order valence-corrected chi connectivity index (χ3v) is 4.87. The SMILES string of the molecule is CCN1CCN(c2ccc(CNC(=O)CC3COCCN3)cn2)CC1.Cl.Cl.Cl. The minimum absolute atomic E-state index is 0. The predicted molar refractivity (Wildman–Crippen MR) is 119 cm³/mol. The van der Waals surface area contributed by atoms with Gasteiger partial charge in [0.25, 0.3) is 0 Å². The van der Waals surface area contributed by atoms with E-state index in [1.165, 1.54) is 0 Å². The molecule has 0 aliphatic carbocycles. The fraction of sp³-hybridized carbons (Fsp3) is 0.667. The number of ether oxygens (including phenoxy) is 1. The number of hydrogen-bond acceptors (Lipinski definition) is 6. The third-order valence-electron chi connectivity index (χ3n) is 4.87. The van der Waals surface area contributed by atoms with Crippen molar-refractivity contribution < 1.29 is 9.53 Å². The molecule has 2 saturated heterocycles. The molecule has 0 spiro atoms. The Morgan fingerprint density at radius 2 is 2.00 bits per heavy atom. The molecule has 1 aromatic heterocycles. The Morgan fingerprint density at radius 1 is 1.25 bits per heavy atom. The molecule has 2 aliphatic rings. The van der Waals surface area contributed by atoms with Crippen LogP contribution in [0.1, 0.15) is 18.9 Å². The molecule has 1 unspecified atom stereocenters. The summed E-state index contributed by atoms with van der Waals surface area (Å²) >= 11 is 0. The second kappa shape index (κ2) is 14.2. The Kier molecular flexibility index (Phi) is 13.8. The maximum Gasteiger partial charge on any atom is 0.221 e. The van der Waals surface area contributed by atoms with E-state index in [4.69, 9.17) is 4.74 Å². The number of rotatable bonds is 6. The molecule has 3 heterocycles. The van der Waals surface area contributed by atoms with Gasteiger partial charge in [0, 0.05) is 57.9 Å². The first-order valence-electron chi connectivity index (χ1n) is 9.24. The van der Waals surface area contributed by atoms with Crippen LogP contribution in [0.3, 0.4) is 0 Å². The fourth-order valence-electron chi connectivity index (χ4n) is 3.25. The largest absolute Gasteiger partial charge is 0.378 e. The van der Waals surface area contributed by atoms with Gasteiger partial charge in [0.2, 0.25) is 5.91 Å². The van der Waals surface area contributed by atoms with Gasteiger partial charge in [0.05, 0.1) is 13.2 Å². The first-order chi connectivity index (χ1) is 12.2. The number of carbonyl (C=O) groups excluding carboxylic acids is 1. The molecule has 2 fully saturated rings. The molecule has 2 aliphatic heterocycles. The van der Waals surface area contributed by atoms with Gasteiger partial charge in [0.1, 0.15) is 5.82 Å². The molecule has 0 bridgehead atoms. The van der Waals surface area contributed by atoms with Crippen molar-refractivity contribution in [2.75, 3.05) is 57.4 Å². The van der Waals surface area contributed by atoms with Crippen LogP contribution < -0.4 is 15.5 Å². The zero-order valence-electron chi connectivity index (χ0n) is 16.3. The lowest BCUT2D eigenvalue weighted by atomic mass is 10.2. The zero-order chi connectivity index (χ0) is 17.5. The monoisotopic (exact) mass is 455 g/mol. The maximum absolute atomic E-state index is 12.0. The van der Waals surface area contributed by atoms with Crippen molar-refractivity contribution in [3.8, 4) is 0 Å². The van der Waals surface area contributed by atoms with E-state index in [-0.39, 0.29) is 49.2 Å². The Balaban J connectivity index is 0.00000243. The summed E-state index contributed by atoms with van der Waals surface area (Å²) in [6, 6.07) is 4.23. The van der Waals surface area contributed by atoms with Crippen molar-refractivity contribution in [1.82, 2.24) is 20.5 Å². The number of pyridine rings is 1. The minimum atomic E-state index is 0. The Hall–Kier alpha value is -0.830. The van der Waals surface area contributed by atoms with Crippen LogP contribution >= 0.6 is 37.2 Å². The highest BCUT2D eigenvalue weighted by atomic mass is 35.5. The van der Waals surface area contributed by atoms with Crippen LogP contribution in [-0.2, 0) is 16.1 Å². The molecule has 1 atom stereocenters. The standard InChI is InChI=1S/C18H29N5O2.3ClH/c1-2-22-6-8-23(9-7-22)17-4-3-15(12-20-17)13-21-18(24)11-16-14-25-10-5-19-16;;;/h3-4,12,16,19H,2,5-11,13-14H2,1H3,(H,21,24);3*1H. The van der Waals surface area contributed by atoms with Crippen LogP contribution in [0, 0.1) is 0 Å². The normalized spacial score (nSPS) is 19.6. The van der Waals surface area contributed by atoms with E-state index >= 15 is 0 Å². The summed E-state index contributed by atoms with van der Waals surface area (Å²) in [5.41, 5.74) is 1.03. The number of piperazine rings is 1. The van der Waals surface area contributed by atoms with Crippen LogP contribution in [0.2, 0.25) is 0 Å². The van der Waals surface area contributed by atoms with Crippen LogP contribution in [0.4, 0.5) is 5.82 Å². The molecule has 28 heavy (non-hydrogen) atoms. The predicted octanol–water partition coefficient (Wildman–Crippen LogP) is 1.48. The number of anilines is 1. The Labute approximate surface area is 186 Å². The van der Waals surface area contributed by atoms with Crippen molar-refractivity contribution in [2.24, 2.45) is 0 Å². The van der Waals surface area contributed by atoms with E-state index in [0.29, 0.717) is 19.6 Å². The summed E-state index contributed by atoms with van der Waals surface area (Å²) in [5, 5.41) is 6.26. The summed E-state index contributed by atoms with van der Waals surface area (Å²) < 4.78 is 5.37. The molecule has 0 radical (unpaired) electrons. The second-order valence-corrected chi connectivity index (χ2v) is 6.65. The molecule has 10 heteroatoms. The van der Waals surface area contributed by atoms with Gasteiger partial charge < -0.3 is 25.2 Å². The smallest absolute Gasteiger partial charge is 0.221 e. The number of likely N-dealkylation sites (N-methyl/N-ethyl adjacent to an activating group) is 1. The van der Waals surface area contributed by atoms with Crippen LogP contribution in [0.15, 0.2) is 18.3 Å². The van der Waals surface area contributed by atoms with Crippen molar-refractivity contribution in [3.63, 3.8) is 0 Å². The number of aromatic nitrogens is 1. The van der Waals surface area contributed by atoms with Crippen molar-refractivity contribution in [2.45, 2.75) is 25.9 Å². The van der Waals surface area contributed by atoms with Gasteiger partial charge in [-0.1, -0.05) is 13.0 Å². The van der Waals surface area contributed by atoms with Gasteiger partial charge in [-0.25, -0.2) is 4.98 Å². The van der Waals surface area contributed by atoms with Gasteiger partial charge in [-0.15, -0.1) is 37.2 Å². The molecule has 1 aromatic rings. The molecule has 0 aromatic carbocycles. The van der Waals surface area contributed by atoms with E-state index < -0.39 is 0 Å². The Bertz CT molecular complexity index is 551. The van der Waals surface area contributed by atoms with E-state index in [1.54, 1.807) is 0 Å². The summed E-state index contributed by atoms with van der Waals surface area (Å²) in [6.45, 7) is 10.2. The van der Waals surface area contributed by atoms with Crippen molar-refractivity contribution in [3.05, 3.63) is 23.9 Å². The molecule has 7 nitrogen and oxygen atoms in total. The highest BCUT2D eigenvalue weighted by Crippen LogP contribution is 2.14. The highest BCUT2D eigenvalue weighted by molar-refractivity contribution is 5.86. The molecular formula is C18H32Cl3N5O2. The first-order valence-corrected chi connectivity index (χ1v) is 9.24. The fourth-order valence-corrected chi connectivity index (χ4v) is 3.25. The maximum atomic E-state index is 12.0. The van der Waals surface area contributed by atoms with Gasteiger partial charge in [-0.3, -0.25) is 4.79 Å². The average molecular weight is 457 g/mol. The first kappa shape index (κ1) is 27.2.